The van der Waals surface area contributed by atoms with Crippen molar-refractivity contribution in [2.24, 2.45) is 0 Å². The maximum absolute atomic E-state index is 13.5. The molecule has 0 aliphatic carbocycles. The van der Waals surface area contributed by atoms with Gasteiger partial charge in [0.05, 0.1) is 18.7 Å². The number of nitrogens with zero attached hydrogens (tertiary/aromatic N) is 4. The molecule has 162 valence electrons. The number of carbonyl (C=O) groups excluding carboxylic acids is 1. The Morgan fingerprint density at radius 2 is 1.68 bits per heavy atom. The van der Waals surface area contributed by atoms with E-state index >= 15 is 0 Å². The Hall–Kier alpha value is -2.96. The average Bonchev–Trinajstić information content (AvgIpc) is 3.24. The van der Waals surface area contributed by atoms with Crippen LogP contribution in [0.4, 0.5) is 0 Å². The van der Waals surface area contributed by atoms with Crippen molar-refractivity contribution in [1.82, 2.24) is 19.6 Å². The molecule has 4 rings (SSSR count). The second-order valence-electron chi connectivity index (χ2n) is 7.98. The number of aliphatic hydroxyl groups excluding tert-OH is 1. The van der Waals surface area contributed by atoms with Gasteiger partial charge in [-0.3, -0.25) is 14.4 Å². The number of benzene rings is 2. The summed E-state index contributed by atoms with van der Waals surface area (Å²) in [5, 5.41) is 14.0. The molecule has 1 aromatic heterocycles. The zero-order valence-corrected chi connectivity index (χ0v) is 18.1. The van der Waals surface area contributed by atoms with Gasteiger partial charge in [-0.05, 0) is 17.5 Å². The van der Waals surface area contributed by atoms with E-state index in [9.17, 15) is 4.79 Å². The third-order valence-electron chi connectivity index (χ3n) is 5.89. The summed E-state index contributed by atoms with van der Waals surface area (Å²) in [5.74, 6) is 0.0255. The number of hydrogen-bond donors (Lipinski definition) is 1. The molecule has 0 atom stereocenters. The fourth-order valence-corrected chi connectivity index (χ4v) is 4.03. The monoisotopic (exact) mass is 418 g/mol. The van der Waals surface area contributed by atoms with Gasteiger partial charge in [0.2, 0.25) is 0 Å². The minimum atomic E-state index is 0.0255. The summed E-state index contributed by atoms with van der Waals surface area (Å²) in [7, 11) is 0. The number of aliphatic hydroxyl groups is 1. The molecule has 31 heavy (non-hydrogen) atoms. The zero-order valence-electron chi connectivity index (χ0n) is 18.1. The molecule has 3 aromatic rings. The SMILES string of the molecule is CCc1ccc(-c2nn(Cc3ccccc3)cc2C(=O)N2CCN(CCO)CC2)cc1. The van der Waals surface area contributed by atoms with Crippen molar-refractivity contribution in [2.75, 3.05) is 39.3 Å². The molecule has 6 heteroatoms. The zero-order chi connectivity index (χ0) is 21.6. The predicted octanol–water partition coefficient (Wildman–Crippen LogP) is 2.91. The lowest BCUT2D eigenvalue weighted by atomic mass is 10.0. The number of carbonyl (C=O) groups is 1. The summed E-state index contributed by atoms with van der Waals surface area (Å²) < 4.78 is 1.87. The van der Waals surface area contributed by atoms with Crippen molar-refractivity contribution in [3.8, 4) is 11.3 Å². The number of aryl methyl sites for hydroxylation is 1. The maximum atomic E-state index is 13.5. The van der Waals surface area contributed by atoms with Gasteiger partial charge in [0.15, 0.2) is 0 Å². The van der Waals surface area contributed by atoms with Crippen molar-refractivity contribution < 1.29 is 9.90 Å². The first kappa shape index (κ1) is 21.3. The Kier molecular flexibility index (Phi) is 6.79. The molecule has 0 unspecified atom stereocenters. The molecule has 0 saturated carbocycles. The van der Waals surface area contributed by atoms with Crippen LogP contribution in [0.3, 0.4) is 0 Å². The summed E-state index contributed by atoms with van der Waals surface area (Å²) in [5.41, 5.74) is 4.76. The molecule has 0 bridgehead atoms. The van der Waals surface area contributed by atoms with Crippen LogP contribution in [0.5, 0.6) is 0 Å². The molecule has 1 fully saturated rings. The van der Waals surface area contributed by atoms with E-state index in [1.807, 2.05) is 34.0 Å². The van der Waals surface area contributed by atoms with Gasteiger partial charge in [0.25, 0.3) is 5.91 Å². The van der Waals surface area contributed by atoms with Gasteiger partial charge in [-0.25, -0.2) is 0 Å². The van der Waals surface area contributed by atoms with Crippen LogP contribution in [0.15, 0.2) is 60.8 Å². The summed E-state index contributed by atoms with van der Waals surface area (Å²) in [6, 6.07) is 18.5. The minimum Gasteiger partial charge on any atom is -0.395 e. The van der Waals surface area contributed by atoms with Crippen molar-refractivity contribution >= 4 is 5.91 Å². The molecule has 1 amide bonds. The van der Waals surface area contributed by atoms with E-state index in [1.54, 1.807) is 0 Å². The Bertz CT molecular complexity index is 990. The van der Waals surface area contributed by atoms with Crippen molar-refractivity contribution in [1.29, 1.82) is 0 Å². The van der Waals surface area contributed by atoms with Gasteiger partial charge >= 0.3 is 0 Å². The fraction of sp³-hybridized carbons (Fsp3) is 0.360. The Labute approximate surface area is 183 Å². The lowest BCUT2D eigenvalue weighted by Gasteiger charge is -2.34. The Balaban J connectivity index is 1.61. The van der Waals surface area contributed by atoms with Gasteiger partial charge in [-0.2, -0.15) is 5.10 Å². The van der Waals surface area contributed by atoms with Crippen LogP contribution in [-0.4, -0.2) is 69.9 Å². The first-order chi connectivity index (χ1) is 15.2. The van der Waals surface area contributed by atoms with E-state index in [1.165, 1.54) is 5.56 Å². The van der Waals surface area contributed by atoms with Crippen molar-refractivity contribution in [2.45, 2.75) is 19.9 Å². The highest BCUT2D eigenvalue weighted by atomic mass is 16.3. The number of rotatable bonds is 7. The molecule has 1 N–H and O–H groups in total. The van der Waals surface area contributed by atoms with E-state index in [-0.39, 0.29) is 12.5 Å². The summed E-state index contributed by atoms with van der Waals surface area (Å²) in [6.07, 6.45) is 2.87. The Morgan fingerprint density at radius 3 is 2.32 bits per heavy atom. The third kappa shape index (κ3) is 5.03. The normalized spacial score (nSPS) is 14.7. The number of piperazine rings is 1. The van der Waals surface area contributed by atoms with Crippen LogP contribution in [-0.2, 0) is 13.0 Å². The molecule has 2 aromatic carbocycles. The van der Waals surface area contributed by atoms with Gasteiger partial charge < -0.3 is 10.0 Å². The van der Waals surface area contributed by atoms with Gasteiger partial charge in [0, 0.05) is 44.5 Å². The van der Waals surface area contributed by atoms with Gasteiger partial charge in [-0.15, -0.1) is 0 Å². The lowest BCUT2D eigenvalue weighted by molar-refractivity contribution is 0.0615. The maximum Gasteiger partial charge on any atom is 0.257 e. The van der Waals surface area contributed by atoms with Crippen LogP contribution in [0, 0.1) is 0 Å². The number of hydrogen-bond acceptors (Lipinski definition) is 4. The average molecular weight is 419 g/mol. The molecule has 0 spiro atoms. The predicted molar refractivity (Wildman–Crippen MR) is 122 cm³/mol. The fourth-order valence-electron chi connectivity index (χ4n) is 4.03. The second kappa shape index (κ2) is 9.90. The number of β-amino-alcohol motifs (C(OH)–C–C–N with tert-alkyl or cyclic N) is 1. The largest absolute Gasteiger partial charge is 0.395 e. The van der Waals surface area contributed by atoms with Crippen molar-refractivity contribution in [3.63, 3.8) is 0 Å². The van der Waals surface area contributed by atoms with E-state index in [0.717, 1.165) is 36.3 Å². The molecule has 0 radical (unpaired) electrons. The molecule has 2 heterocycles. The van der Waals surface area contributed by atoms with Gasteiger partial charge in [-0.1, -0.05) is 61.5 Å². The van der Waals surface area contributed by atoms with Crippen LogP contribution in [0.25, 0.3) is 11.3 Å². The standard InChI is InChI=1S/C25H30N4O2/c1-2-20-8-10-22(11-9-20)24-23(19-29(26-24)18-21-6-4-3-5-7-21)25(31)28-14-12-27(13-15-28)16-17-30/h3-11,19,30H,2,12-18H2,1H3. The molecular formula is C25H30N4O2. The summed E-state index contributed by atoms with van der Waals surface area (Å²) in [6.45, 7) is 6.46. The van der Waals surface area contributed by atoms with E-state index < -0.39 is 0 Å². The lowest BCUT2D eigenvalue weighted by Crippen LogP contribution is -2.49. The van der Waals surface area contributed by atoms with Crippen molar-refractivity contribution in [3.05, 3.63) is 77.5 Å². The van der Waals surface area contributed by atoms with E-state index in [0.29, 0.717) is 31.7 Å². The van der Waals surface area contributed by atoms with Crippen LogP contribution >= 0.6 is 0 Å². The van der Waals surface area contributed by atoms with Crippen LogP contribution < -0.4 is 0 Å². The molecule has 1 saturated heterocycles. The molecule has 1 aliphatic rings. The summed E-state index contributed by atoms with van der Waals surface area (Å²) >= 11 is 0. The first-order valence-corrected chi connectivity index (χ1v) is 11.0. The quantitative estimate of drug-likeness (QED) is 0.641. The van der Waals surface area contributed by atoms with E-state index in [4.69, 9.17) is 10.2 Å². The first-order valence-electron chi connectivity index (χ1n) is 11.0. The topological polar surface area (TPSA) is 61.6 Å². The highest BCUT2D eigenvalue weighted by Gasteiger charge is 2.26. The van der Waals surface area contributed by atoms with Gasteiger partial charge in [0.1, 0.15) is 5.69 Å². The third-order valence-corrected chi connectivity index (χ3v) is 5.89. The number of amides is 1. The van der Waals surface area contributed by atoms with E-state index in [2.05, 4.69) is 48.2 Å². The summed E-state index contributed by atoms with van der Waals surface area (Å²) in [4.78, 5) is 17.5. The van der Waals surface area contributed by atoms with Crippen LogP contribution in [0.1, 0.15) is 28.4 Å². The second-order valence-corrected chi connectivity index (χ2v) is 7.98. The van der Waals surface area contributed by atoms with Crippen LogP contribution in [0.2, 0.25) is 0 Å². The highest BCUT2D eigenvalue weighted by Crippen LogP contribution is 2.25. The minimum absolute atomic E-state index is 0.0255. The smallest absolute Gasteiger partial charge is 0.257 e. The number of aromatic nitrogens is 2. The molecular weight excluding hydrogens is 388 g/mol. The highest BCUT2D eigenvalue weighted by molar-refractivity contribution is 5.99. The molecule has 1 aliphatic heterocycles. The Morgan fingerprint density at radius 1 is 0.968 bits per heavy atom. The molecule has 6 nitrogen and oxygen atoms in total.